The lowest BCUT2D eigenvalue weighted by molar-refractivity contribution is 0.112. The van der Waals surface area contributed by atoms with Gasteiger partial charge in [-0.1, -0.05) is 24.6 Å². The van der Waals surface area contributed by atoms with E-state index in [2.05, 4.69) is 0 Å². The maximum atomic E-state index is 10.8. The molecule has 0 bridgehead atoms. The Morgan fingerprint density at radius 3 is 2.93 bits per heavy atom. The third kappa shape index (κ3) is 2.74. The molecule has 76 valence electrons. The Morgan fingerprint density at radius 1 is 1.64 bits per heavy atom. The zero-order chi connectivity index (χ0) is 10.6. The average molecular weight is 231 g/mol. The van der Waals surface area contributed by atoms with E-state index in [1.807, 2.05) is 13.0 Å². The van der Waals surface area contributed by atoms with E-state index in [1.165, 1.54) is 11.8 Å². The van der Waals surface area contributed by atoms with Crippen molar-refractivity contribution in [1.82, 2.24) is 0 Å². The second-order valence-electron chi connectivity index (χ2n) is 2.88. The molecule has 0 saturated carbocycles. The number of rotatable bonds is 4. The molecular weight excluding hydrogens is 220 g/mol. The number of carbonyl (C=O) groups is 1. The van der Waals surface area contributed by atoms with Crippen LogP contribution in [0.3, 0.4) is 0 Å². The lowest BCUT2D eigenvalue weighted by Crippen LogP contribution is -2.02. The molecule has 0 aliphatic rings. The van der Waals surface area contributed by atoms with E-state index in [0.29, 0.717) is 10.6 Å². The Morgan fingerprint density at radius 2 is 2.36 bits per heavy atom. The number of aliphatic hydroxyl groups excluding tert-OH is 1. The normalized spacial score (nSPS) is 12.5. The molecule has 0 fully saturated rings. The first-order valence-electron chi connectivity index (χ1n) is 4.20. The van der Waals surface area contributed by atoms with E-state index in [9.17, 15) is 4.79 Å². The molecule has 0 aromatic heterocycles. The maximum Gasteiger partial charge on any atom is 0.152 e. The van der Waals surface area contributed by atoms with Crippen LogP contribution in [0, 0.1) is 0 Å². The molecule has 1 aromatic carbocycles. The first-order valence-corrected chi connectivity index (χ1v) is 5.46. The minimum atomic E-state index is 0.0622. The van der Waals surface area contributed by atoms with Crippen LogP contribution in [0.15, 0.2) is 23.1 Å². The summed E-state index contributed by atoms with van der Waals surface area (Å²) in [5, 5.41) is 9.40. The van der Waals surface area contributed by atoms with Crippen molar-refractivity contribution in [3.63, 3.8) is 0 Å². The Labute approximate surface area is 92.3 Å². The van der Waals surface area contributed by atoms with Crippen molar-refractivity contribution in [2.75, 3.05) is 6.61 Å². The van der Waals surface area contributed by atoms with Gasteiger partial charge in [-0.2, -0.15) is 0 Å². The van der Waals surface area contributed by atoms with Crippen LogP contribution >= 0.6 is 23.4 Å². The summed E-state index contributed by atoms with van der Waals surface area (Å²) in [7, 11) is 0. The van der Waals surface area contributed by atoms with Crippen LogP contribution in [0.1, 0.15) is 17.3 Å². The van der Waals surface area contributed by atoms with Crippen LogP contribution in [-0.2, 0) is 0 Å². The molecule has 2 nitrogen and oxygen atoms in total. The molecule has 14 heavy (non-hydrogen) atoms. The van der Waals surface area contributed by atoms with Crippen molar-refractivity contribution in [2.45, 2.75) is 17.1 Å². The second kappa shape index (κ2) is 5.39. The highest BCUT2D eigenvalue weighted by atomic mass is 35.5. The summed E-state index contributed by atoms with van der Waals surface area (Å²) in [5.41, 5.74) is 0.500. The fraction of sp³-hybridized carbons (Fsp3) is 0.300. The molecule has 0 spiro atoms. The minimum Gasteiger partial charge on any atom is -0.395 e. The van der Waals surface area contributed by atoms with Crippen molar-refractivity contribution < 1.29 is 9.90 Å². The van der Waals surface area contributed by atoms with Gasteiger partial charge in [-0.15, -0.1) is 11.8 Å². The first kappa shape index (κ1) is 11.6. The number of carbonyl (C=O) groups excluding carboxylic acids is 1. The van der Waals surface area contributed by atoms with Gasteiger partial charge in [-0.05, 0) is 12.1 Å². The lowest BCUT2D eigenvalue weighted by Gasteiger charge is -2.09. The molecule has 0 radical (unpaired) electrons. The summed E-state index contributed by atoms with van der Waals surface area (Å²) >= 11 is 7.29. The minimum absolute atomic E-state index is 0.0622. The Hall–Kier alpha value is -0.510. The van der Waals surface area contributed by atoms with E-state index >= 15 is 0 Å². The van der Waals surface area contributed by atoms with Gasteiger partial charge in [0.05, 0.1) is 11.6 Å². The van der Waals surface area contributed by atoms with Gasteiger partial charge in [-0.25, -0.2) is 0 Å². The lowest BCUT2D eigenvalue weighted by atomic mass is 10.2. The Bertz CT molecular complexity index is 328. The fourth-order valence-electron chi connectivity index (χ4n) is 0.988. The van der Waals surface area contributed by atoms with Crippen LogP contribution in [0.25, 0.3) is 0 Å². The molecule has 0 heterocycles. The van der Waals surface area contributed by atoms with E-state index in [-0.39, 0.29) is 11.9 Å². The molecule has 0 amide bonds. The molecule has 1 N–H and O–H groups in total. The standard InChI is InChI=1S/C10H11ClO2S/c1-7(5-12)14-10-4-2-3-9(11)8(10)6-13/h2-4,6-7,12H,5H2,1H3. The van der Waals surface area contributed by atoms with Gasteiger partial charge < -0.3 is 5.11 Å². The molecule has 0 aliphatic heterocycles. The summed E-state index contributed by atoms with van der Waals surface area (Å²) in [6.45, 7) is 1.97. The highest BCUT2D eigenvalue weighted by molar-refractivity contribution is 8.00. The monoisotopic (exact) mass is 230 g/mol. The van der Waals surface area contributed by atoms with Crippen LogP contribution in [0.5, 0.6) is 0 Å². The van der Waals surface area contributed by atoms with Crippen LogP contribution in [-0.4, -0.2) is 23.2 Å². The van der Waals surface area contributed by atoms with E-state index in [4.69, 9.17) is 16.7 Å². The zero-order valence-corrected chi connectivity index (χ0v) is 9.31. The van der Waals surface area contributed by atoms with Gasteiger partial charge in [0.15, 0.2) is 6.29 Å². The van der Waals surface area contributed by atoms with Crippen molar-refractivity contribution in [3.05, 3.63) is 28.8 Å². The predicted octanol–water partition coefficient (Wildman–Crippen LogP) is 2.63. The van der Waals surface area contributed by atoms with Crippen molar-refractivity contribution in [3.8, 4) is 0 Å². The summed E-state index contributed by atoms with van der Waals surface area (Å²) in [4.78, 5) is 11.6. The van der Waals surface area contributed by atoms with Gasteiger partial charge in [0.25, 0.3) is 0 Å². The molecule has 1 aromatic rings. The number of hydrogen-bond acceptors (Lipinski definition) is 3. The summed E-state index contributed by atoms with van der Waals surface area (Å²) in [5.74, 6) is 0. The molecule has 4 heteroatoms. The average Bonchev–Trinajstić information content (AvgIpc) is 2.18. The van der Waals surface area contributed by atoms with E-state index in [1.54, 1.807) is 12.1 Å². The van der Waals surface area contributed by atoms with E-state index in [0.717, 1.165) is 11.2 Å². The van der Waals surface area contributed by atoms with Crippen LogP contribution < -0.4 is 0 Å². The van der Waals surface area contributed by atoms with Crippen molar-refractivity contribution in [1.29, 1.82) is 0 Å². The summed E-state index contributed by atoms with van der Waals surface area (Å²) < 4.78 is 0. The molecule has 1 atom stereocenters. The van der Waals surface area contributed by atoms with Gasteiger partial charge in [0.1, 0.15) is 0 Å². The third-order valence-corrected chi connectivity index (χ3v) is 3.21. The highest BCUT2D eigenvalue weighted by Crippen LogP contribution is 2.29. The number of thioether (sulfide) groups is 1. The van der Waals surface area contributed by atoms with Crippen LogP contribution in [0.4, 0.5) is 0 Å². The summed E-state index contributed by atoms with van der Waals surface area (Å²) in [6.07, 6.45) is 0.745. The smallest absolute Gasteiger partial charge is 0.152 e. The maximum absolute atomic E-state index is 10.8. The SMILES string of the molecule is CC(CO)Sc1cccc(Cl)c1C=O. The zero-order valence-electron chi connectivity index (χ0n) is 7.74. The topological polar surface area (TPSA) is 37.3 Å². The van der Waals surface area contributed by atoms with E-state index < -0.39 is 0 Å². The largest absolute Gasteiger partial charge is 0.395 e. The summed E-state index contributed by atoms with van der Waals surface area (Å²) in [6, 6.07) is 5.30. The number of halogens is 1. The molecular formula is C10H11ClO2S. The van der Waals surface area contributed by atoms with Crippen molar-refractivity contribution in [2.24, 2.45) is 0 Å². The van der Waals surface area contributed by atoms with Gasteiger partial charge >= 0.3 is 0 Å². The highest BCUT2D eigenvalue weighted by Gasteiger charge is 2.09. The van der Waals surface area contributed by atoms with Gasteiger partial charge in [-0.3, -0.25) is 4.79 Å². The molecule has 1 unspecified atom stereocenters. The number of hydrogen-bond donors (Lipinski definition) is 1. The van der Waals surface area contributed by atoms with Gasteiger partial charge in [0.2, 0.25) is 0 Å². The quantitative estimate of drug-likeness (QED) is 0.638. The second-order valence-corrected chi connectivity index (χ2v) is 4.77. The predicted molar refractivity (Wildman–Crippen MR) is 59.2 cm³/mol. The molecule has 1 rings (SSSR count). The molecule has 0 saturated heterocycles. The fourth-order valence-corrected chi connectivity index (χ4v) is 2.21. The van der Waals surface area contributed by atoms with Gasteiger partial charge in [0, 0.05) is 15.7 Å². The Balaban J connectivity index is 2.96. The third-order valence-electron chi connectivity index (χ3n) is 1.72. The van der Waals surface area contributed by atoms with Crippen LogP contribution in [0.2, 0.25) is 5.02 Å². The number of aliphatic hydroxyl groups is 1. The number of aldehydes is 1. The van der Waals surface area contributed by atoms with Crippen molar-refractivity contribution >= 4 is 29.6 Å². The molecule has 0 aliphatic carbocycles. The Kier molecular flexibility index (Phi) is 4.45. The first-order chi connectivity index (χ1) is 6.69. The number of benzene rings is 1.